The van der Waals surface area contributed by atoms with Crippen LogP contribution in [0.15, 0.2) is 36.4 Å². The van der Waals surface area contributed by atoms with Crippen molar-refractivity contribution in [1.29, 1.82) is 0 Å². The number of carbonyl (C=O) groups is 1. The fourth-order valence-corrected chi connectivity index (χ4v) is 4.49. The van der Waals surface area contributed by atoms with Crippen molar-refractivity contribution in [2.24, 2.45) is 0 Å². The van der Waals surface area contributed by atoms with E-state index >= 15 is 0 Å². The highest BCUT2D eigenvalue weighted by Gasteiger charge is 2.20. The fourth-order valence-electron chi connectivity index (χ4n) is 3.67. The van der Waals surface area contributed by atoms with Crippen molar-refractivity contribution in [2.75, 3.05) is 51.3 Å². The van der Waals surface area contributed by atoms with E-state index in [2.05, 4.69) is 24.5 Å². The van der Waals surface area contributed by atoms with Gasteiger partial charge in [-0.05, 0) is 55.2 Å². The number of pyridine rings is 1. The van der Waals surface area contributed by atoms with E-state index < -0.39 is 0 Å². The molecule has 0 saturated carbocycles. The van der Waals surface area contributed by atoms with Gasteiger partial charge in [-0.2, -0.15) is 4.37 Å². The summed E-state index contributed by atoms with van der Waals surface area (Å²) in [7, 11) is 1.58. The van der Waals surface area contributed by atoms with Crippen LogP contribution in [-0.4, -0.2) is 66.5 Å². The molecule has 9 heteroatoms. The number of amides is 1. The van der Waals surface area contributed by atoms with Crippen LogP contribution in [0.2, 0.25) is 0 Å². The summed E-state index contributed by atoms with van der Waals surface area (Å²) in [4.78, 5) is 20.6. The van der Waals surface area contributed by atoms with Crippen LogP contribution in [0.3, 0.4) is 0 Å². The third-order valence-electron chi connectivity index (χ3n) is 5.39. The van der Waals surface area contributed by atoms with Gasteiger partial charge >= 0.3 is 0 Å². The molecule has 2 aromatic heterocycles. The van der Waals surface area contributed by atoms with Gasteiger partial charge in [0.2, 0.25) is 5.88 Å². The molecule has 31 heavy (non-hydrogen) atoms. The summed E-state index contributed by atoms with van der Waals surface area (Å²) in [5.41, 5.74) is 0.357. The predicted molar refractivity (Wildman–Crippen MR) is 121 cm³/mol. The van der Waals surface area contributed by atoms with E-state index in [9.17, 15) is 9.18 Å². The molecular formula is C22H26FN5O2S. The molecule has 3 aromatic rings. The number of piperazine rings is 1. The molecule has 0 spiro atoms. The minimum Gasteiger partial charge on any atom is -0.478 e. The van der Waals surface area contributed by atoms with Gasteiger partial charge in [0.25, 0.3) is 5.91 Å². The first-order valence-corrected chi connectivity index (χ1v) is 11.3. The molecule has 3 heterocycles. The van der Waals surface area contributed by atoms with Gasteiger partial charge in [-0.15, -0.1) is 0 Å². The fraction of sp³-hybridized carbons (Fsp3) is 0.409. The summed E-state index contributed by atoms with van der Waals surface area (Å²) >= 11 is 1.36. The third-order valence-corrected chi connectivity index (χ3v) is 6.19. The first-order chi connectivity index (χ1) is 15.1. The summed E-state index contributed by atoms with van der Waals surface area (Å²) in [6.07, 6.45) is 1.96. The number of hydrogen-bond acceptors (Lipinski definition) is 7. The molecule has 1 aliphatic rings. The van der Waals surface area contributed by atoms with Crippen molar-refractivity contribution in [2.45, 2.75) is 12.8 Å². The Morgan fingerprint density at radius 2 is 2.03 bits per heavy atom. The highest BCUT2D eigenvalue weighted by atomic mass is 32.1. The van der Waals surface area contributed by atoms with Gasteiger partial charge in [0, 0.05) is 44.7 Å². The minimum absolute atomic E-state index is 0.216. The number of aromatic nitrogens is 2. The largest absolute Gasteiger partial charge is 0.478 e. The van der Waals surface area contributed by atoms with Gasteiger partial charge in [-0.1, -0.05) is 6.07 Å². The van der Waals surface area contributed by atoms with Crippen molar-refractivity contribution < 1.29 is 13.9 Å². The molecule has 4 rings (SSSR count). The Balaban J connectivity index is 1.18. The number of halogens is 1. The second-order valence-corrected chi connectivity index (χ2v) is 8.28. The SMILES string of the molecule is CNC(=O)c1cccc(OCCCCN2CCN(c3nsc4cc(F)ccc34)CC2)n1. The van der Waals surface area contributed by atoms with Crippen molar-refractivity contribution in [3.63, 3.8) is 0 Å². The molecule has 1 aliphatic heterocycles. The Kier molecular flexibility index (Phi) is 6.93. The molecule has 0 aliphatic carbocycles. The van der Waals surface area contributed by atoms with E-state index in [4.69, 9.17) is 4.74 Å². The number of hydrogen-bond donors (Lipinski definition) is 1. The van der Waals surface area contributed by atoms with Gasteiger partial charge in [0.15, 0.2) is 0 Å². The number of anilines is 1. The topological polar surface area (TPSA) is 70.6 Å². The highest BCUT2D eigenvalue weighted by molar-refractivity contribution is 7.13. The number of nitrogens with one attached hydrogen (secondary N) is 1. The average molecular weight is 444 g/mol. The van der Waals surface area contributed by atoms with Gasteiger partial charge in [0.1, 0.15) is 17.3 Å². The molecule has 1 fully saturated rings. The Bertz CT molecular complexity index is 1040. The molecule has 1 N–H and O–H groups in total. The Morgan fingerprint density at radius 1 is 1.19 bits per heavy atom. The molecule has 0 atom stereocenters. The standard InChI is InChI=1S/C22H26FN5O2S/c1-24-22(29)18-5-4-6-20(25-18)30-14-3-2-9-27-10-12-28(13-11-27)21-17-8-7-16(23)15-19(17)31-26-21/h4-8,15H,2-3,9-14H2,1H3,(H,24,29). The number of nitrogens with zero attached hydrogens (tertiary/aromatic N) is 4. The van der Waals surface area contributed by atoms with Crippen LogP contribution < -0.4 is 15.0 Å². The molecule has 1 aromatic carbocycles. The average Bonchev–Trinajstić information content (AvgIpc) is 3.22. The van der Waals surface area contributed by atoms with Crippen LogP contribution in [0.1, 0.15) is 23.3 Å². The summed E-state index contributed by atoms with van der Waals surface area (Å²) in [5, 5.41) is 3.59. The minimum atomic E-state index is -0.220. The van der Waals surface area contributed by atoms with Gasteiger partial charge in [-0.25, -0.2) is 9.37 Å². The molecular weight excluding hydrogens is 417 g/mol. The van der Waals surface area contributed by atoms with Crippen LogP contribution in [0.25, 0.3) is 10.1 Å². The van der Waals surface area contributed by atoms with Gasteiger partial charge in [-0.3, -0.25) is 9.69 Å². The van der Waals surface area contributed by atoms with Gasteiger partial charge in [0.05, 0.1) is 11.3 Å². The Hall–Kier alpha value is -2.78. The molecule has 7 nitrogen and oxygen atoms in total. The molecule has 164 valence electrons. The lowest BCUT2D eigenvalue weighted by molar-refractivity contribution is 0.0957. The van der Waals surface area contributed by atoms with Gasteiger partial charge < -0.3 is 15.0 Å². The monoisotopic (exact) mass is 443 g/mol. The molecule has 1 amide bonds. The molecule has 0 radical (unpaired) electrons. The van der Waals surface area contributed by atoms with Crippen molar-refractivity contribution >= 4 is 33.3 Å². The maximum absolute atomic E-state index is 13.4. The second-order valence-electron chi connectivity index (χ2n) is 7.47. The number of ether oxygens (including phenoxy) is 1. The summed E-state index contributed by atoms with van der Waals surface area (Å²) in [5.74, 6) is 1.01. The maximum atomic E-state index is 13.4. The number of unbranched alkanes of at least 4 members (excludes halogenated alkanes) is 1. The number of benzene rings is 1. The summed E-state index contributed by atoms with van der Waals surface area (Å²) in [6, 6.07) is 10.1. The van der Waals surface area contributed by atoms with Crippen molar-refractivity contribution in [3.05, 3.63) is 47.9 Å². The van der Waals surface area contributed by atoms with Crippen LogP contribution in [-0.2, 0) is 0 Å². The van der Waals surface area contributed by atoms with Crippen molar-refractivity contribution in [3.8, 4) is 5.88 Å². The number of rotatable bonds is 8. The molecule has 0 unspecified atom stereocenters. The zero-order valence-corrected chi connectivity index (χ0v) is 18.3. The Morgan fingerprint density at radius 3 is 2.84 bits per heavy atom. The summed E-state index contributed by atoms with van der Waals surface area (Å²) in [6.45, 7) is 5.40. The first-order valence-electron chi connectivity index (χ1n) is 10.5. The Labute approximate surface area is 185 Å². The van der Waals surface area contributed by atoms with E-state index in [0.717, 1.165) is 61.5 Å². The normalized spacial score (nSPS) is 14.7. The van der Waals surface area contributed by atoms with Crippen LogP contribution in [0.5, 0.6) is 5.88 Å². The van der Waals surface area contributed by atoms with E-state index in [1.54, 1.807) is 31.3 Å². The third kappa shape index (κ3) is 5.29. The van der Waals surface area contributed by atoms with Crippen LogP contribution in [0.4, 0.5) is 10.2 Å². The lowest BCUT2D eigenvalue weighted by Gasteiger charge is -2.35. The van der Waals surface area contributed by atoms with E-state index in [0.29, 0.717) is 18.2 Å². The lowest BCUT2D eigenvalue weighted by atomic mass is 10.2. The van der Waals surface area contributed by atoms with E-state index in [1.165, 1.54) is 17.6 Å². The molecule has 1 saturated heterocycles. The van der Waals surface area contributed by atoms with E-state index in [-0.39, 0.29) is 11.7 Å². The second kappa shape index (κ2) is 10.0. The van der Waals surface area contributed by atoms with E-state index in [1.807, 2.05) is 6.07 Å². The first kappa shape index (κ1) is 21.5. The zero-order chi connectivity index (χ0) is 21.6. The quantitative estimate of drug-likeness (QED) is 0.540. The maximum Gasteiger partial charge on any atom is 0.269 e. The number of carbonyl (C=O) groups excluding carboxylic acids is 1. The van der Waals surface area contributed by atoms with Crippen molar-refractivity contribution in [1.82, 2.24) is 19.6 Å². The number of fused-ring (bicyclic) bond motifs is 1. The summed E-state index contributed by atoms with van der Waals surface area (Å²) < 4.78 is 24.6. The zero-order valence-electron chi connectivity index (χ0n) is 17.5. The highest BCUT2D eigenvalue weighted by Crippen LogP contribution is 2.30. The molecule has 0 bridgehead atoms. The smallest absolute Gasteiger partial charge is 0.269 e. The van der Waals surface area contributed by atoms with Crippen LogP contribution in [0, 0.1) is 5.82 Å². The van der Waals surface area contributed by atoms with Crippen LogP contribution >= 0.6 is 11.5 Å². The predicted octanol–water partition coefficient (Wildman–Crippen LogP) is 3.17. The lowest BCUT2D eigenvalue weighted by Crippen LogP contribution is -2.46.